The predicted molar refractivity (Wildman–Crippen MR) is 79.2 cm³/mol. The van der Waals surface area contributed by atoms with E-state index in [2.05, 4.69) is 4.98 Å². The standard InChI is InChI=1S/C13H19N2O5P/c1-8-7-15(13(18)14-11(8)17)12-10(16)6-9(20-12)4-5-21(2,3)19/h4-5,7,9-10,12,16H,6H2,1-3H3,(H,14,17,18)/b5-4+/t9-,10?,12-/m1/s1. The Hall–Kier alpha value is -1.43. The highest BCUT2D eigenvalue weighted by atomic mass is 31.2. The Morgan fingerprint density at radius 2 is 2.14 bits per heavy atom. The molecule has 0 spiro atoms. The van der Waals surface area contributed by atoms with E-state index >= 15 is 0 Å². The van der Waals surface area contributed by atoms with Gasteiger partial charge in [0.15, 0.2) is 6.23 Å². The van der Waals surface area contributed by atoms with Gasteiger partial charge in [0.1, 0.15) is 13.2 Å². The maximum absolute atomic E-state index is 11.8. The summed E-state index contributed by atoms with van der Waals surface area (Å²) in [6, 6.07) is 0. The molecule has 1 saturated heterocycles. The van der Waals surface area contributed by atoms with Gasteiger partial charge in [-0.1, -0.05) is 6.08 Å². The third-order valence-electron chi connectivity index (χ3n) is 3.20. The molecule has 0 saturated carbocycles. The van der Waals surface area contributed by atoms with Crippen LogP contribution < -0.4 is 11.2 Å². The number of aliphatic hydroxyl groups is 1. The van der Waals surface area contributed by atoms with Gasteiger partial charge in [-0.25, -0.2) is 4.79 Å². The molecule has 3 atom stereocenters. The number of aromatic amines is 1. The molecule has 21 heavy (non-hydrogen) atoms. The molecule has 1 aliphatic rings. The van der Waals surface area contributed by atoms with Crippen molar-refractivity contribution in [3.8, 4) is 0 Å². The first kappa shape index (κ1) is 15.9. The van der Waals surface area contributed by atoms with E-state index in [1.807, 2.05) is 0 Å². The molecule has 2 rings (SSSR count). The van der Waals surface area contributed by atoms with Crippen LogP contribution in [0.3, 0.4) is 0 Å². The van der Waals surface area contributed by atoms with Crippen molar-refractivity contribution in [3.63, 3.8) is 0 Å². The van der Waals surface area contributed by atoms with Gasteiger partial charge in [0.2, 0.25) is 0 Å². The molecule has 1 fully saturated rings. The molecule has 1 aliphatic heterocycles. The van der Waals surface area contributed by atoms with E-state index in [4.69, 9.17) is 4.74 Å². The summed E-state index contributed by atoms with van der Waals surface area (Å²) in [5.74, 6) is 1.58. The first-order valence-corrected chi connectivity index (χ1v) is 9.24. The molecule has 0 radical (unpaired) electrons. The summed E-state index contributed by atoms with van der Waals surface area (Å²) in [4.78, 5) is 25.3. The fraction of sp³-hybridized carbons (Fsp3) is 0.538. The number of aromatic nitrogens is 2. The van der Waals surface area contributed by atoms with Gasteiger partial charge in [0.05, 0.1) is 6.10 Å². The molecule has 2 heterocycles. The van der Waals surface area contributed by atoms with Gasteiger partial charge in [-0.3, -0.25) is 14.3 Å². The first-order valence-electron chi connectivity index (χ1n) is 6.57. The second-order valence-electron chi connectivity index (χ2n) is 5.62. The minimum absolute atomic E-state index is 0.297. The van der Waals surface area contributed by atoms with Gasteiger partial charge in [0, 0.05) is 18.2 Å². The van der Waals surface area contributed by atoms with E-state index in [-0.39, 0.29) is 0 Å². The third kappa shape index (κ3) is 3.81. The van der Waals surface area contributed by atoms with Crippen LogP contribution in [0.5, 0.6) is 0 Å². The first-order chi connectivity index (χ1) is 9.67. The Balaban J connectivity index is 2.25. The molecule has 1 aromatic heterocycles. The molecule has 0 aromatic carbocycles. The molecule has 7 nitrogen and oxygen atoms in total. The van der Waals surface area contributed by atoms with Crippen LogP contribution in [0.2, 0.25) is 0 Å². The molecule has 0 aliphatic carbocycles. The lowest BCUT2D eigenvalue weighted by atomic mass is 10.2. The van der Waals surface area contributed by atoms with E-state index in [0.717, 1.165) is 0 Å². The van der Waals surface area contributed by atoms with Gasteiger partial charge in [-0.2, -0.15) is 0 Å². The minimum atomic E-state index is -2.31. The van der Waals surface area contributed by atoms with Gasteiger partial charge < -0.3 is 14.4 Å². The van der Waals surface area contributed by atoms with Crippen LogP contribution in [0.15, 0.2) is 27.7 Å². The summed E-state index contributed by atoms with van der Waals surface area (Å²) in [5.41, 5.74) is -0.731. The Morgan fingerprint density at radius 1 is 1.48 bits per heavy atom. The number of rotatable bonds is 3. The fourth-order valence-electron chi connectivity index (χ4n) is 2.13. The molecular weight excluding hydrogens is 295 g/mol. The summed E-state index contributed by atoms with van der Waals surface area (Å²) < 4.78 is 18.4. The molecule has 0 amide bonds. The highest BCUT2D eigenvalue weighted by Gasteiger charge is 2.34. The monoisotopic (exact) mass is 314 g/mol. The van der Waals surface area contributed by atoms with E-state index in [9.17, 15) is 19.3 Å². The number of ether oxygens (including phenoxy) is 1. The van der Waals surface area contributed by atoms with Crippen molar-refractivity contribution >= 4 is 7.14 Å². The van der Waals surface area contributed by atoms with Crippen molar-refractivity contribution in [3.05, 3.63) is 44.5 Å². The molecule has 1 unspecified atom stereocenters. The van der Waals surface area contributed by atoms with Crippen LogP contribution >= 0.6 is 7.14 Å². The predicted octanol–water partition coefficient (Wildman–Crippen LogP) is 0.630. The normalized spacial score (nSPS) is 26.6. The number of H-pyrrole nitrogens is 1. The SMILES string of the molecule is Cc1cn([C@@H]2O[C@H](/C=C/P(C)(C)=O)CC2O)c(=O)[nH]c1=O. The molecule has 0 bridgehead atoms. The van der Waals surface area contributed by atoms with Crippen LogP contribution in [0.1, 0.15) is 18.2 Å². The van der Waals surface area contributed by atoms with Crippen molar-refractivity contribution in [1.29, 1.82) is 0 Å². The Kier molecular flexibility index (Phi) is 4.37. The average molecular weight is 314 g/mol. The van der Waals surface area contributed by atoms with Gasteiger partial charge in [-0.15, -0.1) is 0 Å². The minimum Gasteiger partial charge on any atom is -0.388 e. The lowest BCUT2D eigenvalue weighted by Gasteiger charge is -2.17. The van der Waals surface area contributed by atoms with Crippen molar-refractivity contribution in [2.45, 2.75) is 31.8 Å². The smallest absolute Gasteiger partial charge is 0.330 e. The molecule has 1 aromatic rings. The largest absolute Gasteiger partial charge is 0.388 e. The molecule has 116 valence electrons. The summed E-state index contributed by atoms with van der Waals surface area (Å²) in [5, 5.41) is 10.0. The highest BCUT2D eigenvalue weighted by Crippen LogP contribution is 2.39. The summed E-state index contributed by atoms with van der Waals surface area (Å²) in [7, 11) is -2.31. The van der Waals surface area contributed by atoms with Crippen molar-refractivity contribution in [2.75, 3.05) is 13.3 Å². The number of nitrogens with one attached hydrogen (secondary N) is 1. The number of nitrogens with zero attached hydrogens (tertiary/aromatic N) is 1. The molecule has 8 heteroatoms. The third-order valence-corrected chi connectivity index (χ3v) is 4.09. The Labute approximate surface area is 121 Å². The number of hydrogen-bond donors (Lipinski definition) is 2. The van der Waals surface area contributed by atoms with Crippen molar-refractivity contribution in [1.82, 2.24) is 9.55 Å². The quantitative estimate of drug-likeness (QED) is 0.797. The number of aryl methyl sites for hydroxylation is 1. The van der Waals surface area contributed by atoms with E-state index < -0.39 is 36.8 Å². The second-order valence-corrected chi connectivity index (χ2v) is 8.79. The fourth-order valence-corrected chi connectivity index (χ4v) is 2.74. The van der Waals surface area contributed by atoms with Crippen molar-refractivity contribution in [2.24, 2.45) is 0 Å². The average Bonchev–Trinajstić information content (AvgIpc) is 2.72. The summed E-state index contributed by atoms with van der Waals surface area (Å²) in [6.45, 7) is 4.82. The van der Waals surface area contributed by atoms with Gasteiger partial charge in [-0.05, 0) is 26.1 Å². The van der Waals surface area contributed by atoms with Gasteiger partial charge >= 0.3 is 5.69 Å². The lowest BCUT2D eigenvalue weighted by molar-refractivity contribution is -0.0281. The number of hydrogen-bond acceptors (Lipinski definition) is 5. The molecule has 2 N–H and O–H groups in total. The Morgan fingerprint density at radius 3 is 2.76 bits per heavy atom. The zero-order valence-electron chi connectivity index (χ0n) is 12.1. The highest BCUT2D eigenvalue weighted by molar-refractivity contribution is 7.65. The zero-order valence-corrected chi connectivity index (χ0v) is 13.0. The lowest BCUT2D eigenvalue weighted by Crippen LogP contribution is -2.36. The summed E-state index contributed by atoms with van der Waals surface area (Å²) >= 11 is 0. The van der Waals surface area contributed by atoms with Gasteiger partial charge in [0.25, 0.3) is 5.56 Å². The van der Waals surface area contributed by atoms with E-state index in [1.54, 1.807) is 32.1 Å². The number of aliphatic hydroxyl groups excluding tert-OH is 1. The van der Waals surface area contributed by atoms with Crippen LogP contribution in [-0.2, 0) is 9.30 Å². The maximum atomic E-state index is 11.8. The van der Waals surface area contributed by atoms with E-state index in [0.29, 0.717) is 12.0 Å². The zero-order chi connectivity index (χ0) is 15.8. The molecular formula is C13H19N2O5P. The van der Waals surface area contributed by atoms with Crippen LogP contribution in [0.25, 0.3) is 0 Å². The maximum Gasteiger partial charge on any atom is 0.330 e. The summed E-state index contributed by atoms with van der Waals surface area (Å²) in [6.07, 6.45) is 1.15. The second kappa shape index (κ2) is 5.75. The Bertz CT molecular complexity index is 714. The van der Waals surface area contributed by atoms with Crippen LogP contribution in [-0.4, -0.2) is 40.2 Å². The van der Waals surface area contributed by atoms with Crippen LogP contribution in [0.4, 0.5) is 0 Å². The van der Waals surface area contributed by atoms with Crippen LogP contribution in [0, 0.1) is 6.92 Å². The van der Waals surface area contributed by atoms with E-state index in [1.165, 1.54) is 10.8 Å². The van der Waals surface area contributed by atoms with Crippen molar-refractivity contribution < 1.29 is 14.4 Å². The topological polar surface area (TPSA) is 101 Å².